The van der Waals surface area contributed by atoms with Crippen molar-refractivity contribution in [2.75, 3.05) is 0 Å². The topological polar surface area (TPSA) is 17.1 Å². The summed E-state index contributed by atoms with van der Waals surface area (Å²) in [5.41, 5.74) is 1.37. The highest BCUT2D eigenvalue weighted by molar-refractivity contribution is 9.10. The minimum Gasteiger partial charge on any atom is -0.299 e. The largest absolute Gasteiger partial charge is 0.299 e. The molecular weight excluding hydrogens is 314 g/mol. The summed E-state index contributed by atoms with van der Waals surface area (Å²) in [6.45, 7) is 0. The van der Waals surface area contributed by atoms with Gasteiger partial charge in [-0.25, -0.2) is 8.78 Å². The lowest BCUT2D eigenvalue weighted by Crippen LogP contribution is -2.07. The van der Waals surface area contributed by atoms with Gasteiger partial charge in [-0.15, -0.1) is 0 Å². The van der Waals surface area contributed by atoms with Gasteiger partial charge in [-0.2, -0.15) is 0 Å². The fourth-order valence-corrected chi connectivity index (χ4v) is 2.17. The van der Waals surface area contributed by atoms with Gasteiger partial charge in [0, 0.05) is 17.3 Å². The smallest absolute Gasteiger partial charge is 0.141 e. The molecule has 0 heterocycles. The first-order chi connectivity index (χ1) is 9.04. The van der Waals surface area contributed by atoms with Crippen LogP contribution in [-0.2, 0) is 17.6 Å². The van der Waals surface area contributed by atoms with Crippen LogP contribution in [0.15, 0.2) is 46.9 Å². The molecule has 4 heteroatoms. The second-order valence-electron chi connectivity index (χ2n) is 4.25. The lowest BCUT2D eigenvalue weighted by molar-refractivity contribution is -0.117. The molecular formula is C15H11BrF2O. The number of halogens is 3. The normalized spacial score (nSPS) is 10.5. The molecule has 0 unspecified atom stereocenters. The third kappa shape index (κ3) is 3.96. The molecule has 0 atom stereocenters. The first-order valence-corrected chi connectivity index (χ1v) is 6.54. The van der Waals surface area contributed by atoms with Crippen LogP contribution >= 0.6 is 15.9 Å². The average Bonchev–Trinajstić information content (AvgIpc) is 2.37. The number of benzene rings is 2. The van der Waals surface area contributed by atoms with E-state index in [4.69, 9.17) is 0 Å². The van der Waals surface area contributed by atoms with Crippen LogP contribution in [0.3, 0.4) is 0 Å². The molecule has 1 nitrogen and oxygen atoms in total. The van der Waals surface area contributed by atoms with Crippen LogP contribution in [0.2, 0.25) is 0 Å². The second kappa shape index (κ2) is 6.06. The lowest BCUT2D eigenvalue weighted by atomic mass is 10.0. The molecule has 0 N–H and O–H groups in total. The molecule has 0 spiro atoms. The van der Waals surface area contributed by atoms with Crippen molar-refractivity contribution in [3.63, 3.8) is 0 Å². The number of Topliss-reactive ketones (excluding diaryl/α,β-unsaturated/α-hetero) is 1. The van der Waals surface area contributed by atoms with Crippen LogP contribution in [0.5, 0.6) is 0 Å². The molecule has 98 valence electrons. The summed E-state index contributed by atoms with van der Waals surface area (Å²) >= 11 is 3.29. The van der Waals surface area contributed by atoms with E-state index >= 15 is 0 Å². The molecule has 0 aliphatic heterocycles. The third-order valence-corrected chi connectivity index (χ3v) is 3.48. The number of carbonyl (C=O) groups excluding carboxylic acids is 1. The van der Waals surface area contributed by atoms with Crippen molar-refractivity contribution in [2.45, 2.75) is 12.8 Å². The lowest BCUT2D eigenvalue weighted by Gasteiger charge is -2.05. The van der Waals surface area contributed by atoms with Crippen LogP contribution in [0, 0.1) is 11.6 Å². The van der Waals surface area contributed by atoms with Crippen molar-refractivity contribution in [3.05, 3.63) is 69.7 Å². The van der Waals surface area contributed by atoms with Crippen LogP contribution in [0.25, 0.3) is 0 Å². The maximum Gasteiger partial charge on any atom is 0.141 e. The van der Waals surface area contributed by atoms with E-state index in [0.29, 0.717) is 10.0 Å². The van der Waals surface area contributed by atoms with Crippen molar-refractivity contribution >= 4 is 21.7 Å². The summed E-state index contributed by atoms with van der Waals surface area (Å²) < 4.78 is 26.5. The zero-order chi connectivity index (χ0) is 13.8. The molecule has 2 aromatic carbocycles. The number of hydrogen-bond donors (Lipinski definition) is 0. The maximum atomic E-state index is 13.1. The Labute approximate surface area is 118 Å². The summed E-state index contributed by atoms with van der Waals surface area (Å²) in [5.74, 6) is -0.741. The van der Waals surface area contributed by atoms with Gasteiger partial charge < -0.3 is 0 Å². The monoisotopic (exact) mass is 324 g/mol. The van der Waals surface area contributed by atoms with Crippen molar-refractivity contribution in [2.24, 2.45) is 0 Å². The van der Waals surface area contributed by atoms with Gasteiger partial charge in [-0.05, 0) is 41.5 Å². The minimum absolute atomic E-state index is 0.0436. The molecule has 0 aliphatic carbocycles. The van der Waals surface area contributed by atoms with Crippen LogP contribution in [0.1, 0.15) is 11.1 Å². The van der Waals surface area contributed by atoms with Gasteiger partial charge in [-0.1, -0.05) is 28.1 Å². The molecule has 0 bridgehead atoms. The quantitative estimate of drug-likeness (QED) is 0.828. The molecule has 2 aromatic rings. The van der Waals surface area contributed by atoms with E-state index in [2.05, 4.69) is 15.9 Å². The Kier molecular flexibility index (Phi) is 4.43. The summed E-state index contributed by atoms with van der Waals surface area (Å²) in [4.78, 5) is 11.9. The third-order valence-electron chi connectivity index (χ3n) is 2.71. The van der Waals surface area contributed by atoms with Gasteiger partial charge >= 0.3 is 0 Å². The highest BCUT2D eigenvalue weighted by atomic mass is 79.9. The highest BCUT2D eigenvalue weighted by Crippen LogP contribution is 2.19. The minimum atomic E-state index is -0.368. The Bertz CT molecular complexity index is 594. The van der Waals surface area contributed by atoms with Gasteiger partial charge in [-0.3, -0.25) is 4.79 Å². The van der Waals surface area contributed by atoms with Gasteiger partial charge in [0.25, 0.3) is 0 Å². The first-order valence-electron chi connectivity index (χ1n) is 5.74. The van der Waals surface area contributed by atoms with Crippen molar-refractivity contribution < 1.29 is 13.6 Å². The Morgan fingerprint density at radius 3 is 2.26 bits per heavy atom. The van der Waals surface area contributed by atoms with E-state index in [0.717, 1.165) is 5.56 Å². The second-order valence-corrected chi connectivity index (χ2v) is 5.11. The zero-order valence-corrected chi connectivity index (χ0v) is 11.6. The van der Waals surface area contributed by atoms with Gasteiger partial charge in [0.05, 0.1) is 0 Å². The number of rotatable bonds is 4. The number of hydrogen-bond acceptors (Lipinski definition) is 1. The van der Waals surface area contributed by atoms with E-state index in [9.17, 15) is 13.6 Å². The summed E-state index contributed by atoms with van der Waals surface area (Å²) in [5, 5.41) is 0. The van der Waals surface area contributed by atoms with Crippen LogP contribution < -0.4 is 0 Å². The molecule has 0 saturated carbocycles. The maximum absolute atomic E-state index is 13.1. The van der Waals surface area contributed by atoms with Crippen molar-refractivity contribution in [3.8, 4) is 0 Å². The summed E-state index contributed by atoms with van der Waals surface area (Å²) in [6.07, 6.45) is 0.360. The van der Waals surface area contributed by atoms with E-state index in [1.807, 2.05) is 0 Å². The Balaban J connectivity index is 2.05. The van der Waals surface area contributed by atoms with Crippen molar-refractivity contribution in [1.29, 1.82) is 0 Å². The van der Waals surface area contributed by atoms with Crippen LogP contribution in [-0.4, -0.2) is 5.78 Å². The molecule has 19 heavy (non-hydrogen) atoms. The molecule has 0 aromatic heterocycles. The van der Waals surface area contributed by atoms with Gasteiger partial charge in [0.1, 0.15) is 17.4 Å². The SMILES string of the molecule is O=C(Cc1ccc(F)cc1)Cc1cc(F)ccc1Br. The Morgan fingerprint density at radius 1 is 0.947 bits per heavy atom. The fourth-order valence-electron chi connectivity index (χ4n) is 1.78. The van der Waals surface area contributed by atoms with E-state index in [1.54, 1.807) is 18.2 Å². The summed E-state index contributed by atoms with van der Waals surface area (Å²) in [7, 11) is 0. The molecule has 0 fully saturated rings. The predicted octanol–water partition coefficient (Wildman–Crippen LogP) is 4.08. The fraction of sp³-hybridized carbons (Fsp3) is 0.133. The van der Waals surface area contributed by atoms with Gasteiger partial charge in [0.2, 0.25) is 0 Å². The number of ketones is 1. The number of carbonyl (C=O) groups is 1. The predicted molar refractivity (Wildman–Crippen MR) is 72.9 cm³/mol. The molecule has 0 aliphatic rings. The molecule has 2 rings (SSSR count). The van der Waals surface area contributed by atoms with Crippen LogP contribution in [0.4, 0.5) is 8.78 Å². The van der Waals surface area contributed by atoms with Crippen molar-refractivity contribution in [1.82, 2.24) is 0 Å². The highest BCUT2D eigenvalue weighted by Gasteiger charge is 2.09. The molecule has 0 radical (unpaired) electrons. The molecule has 0 amide bonds. The zero-order valence-electron chi connectivity index (χ0n) is 10.00. The standard InChI is InChI=1S/C15H11BrF2O/c16-15-6-5-13(18)8-11(15)9-14(19)7-10-1-3-12(17)4-2-10/h1-6,8H,7,9H2. The van der Waals surface area contributed by atoms with E-state index in [1.165, 1.54) is 24.3 Å². The van der Waals surface area contributed by atoms with E-state index in [-0.39, 0.29) is 30.3 Å². The molecule has 0 saturated heterocycles. The van der Waals surface area contributed by atoms with E-state index < -0.39 is 0 Å². The first kappa shape index (κ1) is 13.9. The Hall–Kier alpha value is -1.55. The average molecular weight is 325 g/mol. The summed E-state index contributed by atoms with van der Waals surface area (Å²) in [6, 6.07) is 10.0. The Morgan fingerprint density at radius 2 is 1.58 bits per heavy atom. The van der Waals surface area contributed by atoms with Gasteiger partial charge in [0.15, 0.2) is 0 Å².